The van der Waals surface area contributed by atoms with Gasteiger partial charge >= 0.3 is 0 Å². The summed E-state index contributed by atoms with van der Waals surface area (Å²) < 4.78 is 0. The smallest absolute Gasteiger partial charge is 0.253 e. The van der Waals surface area contributed by atoms with E-state index in [1.54, 1.807) is 5.48 Å². The van der Waals surface area contributed by atoms with Crippen LogP contribution in [-0.4, -0.2) is 29.0 Å². The van der Waals surface area contributed by atoms with E-state index in [1.165, 1.54) is 17.3 Å². The van der Waals surface area contributed by atoms with Gasteiger partial charge in [-0.1, -0.05) is 30.3 Å². The molecule has 0 aromatic heterocycles. The first-order chi connectivity index (χ1) is 8.92. The number of hydroxylamine groups is 1. The number of thioether (sulfide) groups is 1. The molecule has 1 atom stereocenters. The minimum Gasteiger partial charge on any atom is -0.311 e. The maximum atomic E-state index is 11.1. The third-order valence-electron chi connectivity index (χ3n) is 2.53. The quantitative estimate of drug-likeness (QED) is 0.554. The average molecular weight is 282 g/mol. The first-order valence-electron chi connectivity index (χ1n) is 6.27. The summed E-state index contributed by atoms with van der Waals surface area (Å²) in [5.41, 5.74) is 2.87. The predicted octanol–water partition coefficient (Wildman–Crippen LogP) is 2.35. The molecule has 0 fully saturated rings. The van der Waals surface area contributed by atoms with Crippen LogP contribution < -0.4 is 10.8 Å². The fraction of sp³-hybridized carbons (Fsp3) is 0.500. The number of hydrogen-bond acceptors (Lipinski definition) is 4. The molecule has 1 aromatic carbocycles. The van der Waals surface area contributed by atoms with Crippen molar-refractivity contribution in [1.82, 2.24) is 10.8 Å². The summed E-state index contributed by atoms with van der Waals surface area (Å²) in [4.78, 5) is 11.1. The van der Waals surface area contributed by atoms with Gasteiger partial charge in [-0.2, -0.15) is 0 Å². The Labute approximate surface area is 118 Å². The summed E-state index contributed by atoms with van der Waals surface area (Å²) in [6.45, 7) is 7.11. The minimum atomic E-state index is -0.373. The molecule has 5 heteroatoms. The minimum absolute atomic E-state index is 0.0346. The van der Waals surface area contributed by atoms with Gasteiger partial charge in [0.05, 0.1) is 5.75 Å². The molecule has 0 saturated heterocycles. The second-order valence-corrected chi connectivity index (χ2v) is 6.57. The van der Waals surface area contributed by atoms with Crippen LogP contribution in [0.15, 0.2) is 30.3 Å². The lowest BCUT2D eigenvalue weighted by Crippen LogP contribution is -2.38. The molecule has 0 radical (unpaired) electrons. The predicted molar refractivity (Wildman–Crippen MR) is 79.3 cm³/mol. The van der Waals surface area contributed by atoms with E-state index in [-0.39, 0.29) is 22.4 Å². The van der Waals surface area contributed by atoms with Gasteiger partial charge in [-0.05, 0) is 26.3 Å². The molecule has 0 aliphatic carbocycles. The number of rotatable bonds is 6. The van der Waals surface area contributed by atoms with Crippen molar-refractivity contribution in [3.63, 3.8) is 0 Å². The largest absolute Gasteiger partial charge is 0.311 e. The molecule has 4 nitrogen and oxygen atoms in total. The van der Waals surface area contributed by atoms with E-state index < -0.39 is 0 Å². The van der Waals surface area contributed by atoms with Crippen LogP contribution in [0.5, 0.6) is 0 Å². The van der Waals surface area contributed by atoms with Crippen molar-refractivity contribution in [2.24, 2.45) is 0 Å². The summed E-state index contributed by atoms with van der Waals surface area (Å²) in [6.07, 6.45) is 0. The highest BCUT2D eigenvalue weighted by Gasteiger charge is 2.17. The first kappa shape index (κ1) is 16.0. The first-order valence-corrected chi connectivity index (χ1v) is 7.32. The lowest BCUT2D eigenvalue weighted by atomic mass is 10.1. The van der Waals surface area contributed by atoms with Crippen molar-refractivity contribution in [1.29, 1.82) is 0 Å². The summed E-state index contributed by atoms with van der Waals surface area (Å²) in [5.74, 6) is -0.135. The van der Waals surface area contributed by atoms with Crippen LogP contribution in [0.2, 0.25) is 0 Å². The van der Waals surface area contributed by atoms with E-state index in [1.807, 2.05) is 18.2 Å². The normalized spacial score (nSPS) is 13.1. The lowest BCUT2D eigenvalue weighted by Gasteiger charge is -2.25. The Bertz CT molecular complexity index is 390. The van der Waals surface area contributed by atoms with Crippen LogP contribution in [0.25, 0.3) is 0 Å². The SMILES string of the molecule is CC(C)(C)NCC(SCC(=O)NO)c1ccccc1. The molecule has 0 heterocycles. The molecule has 19 heavy (non-hydrogen) atoms. The number of benzene rings is 1. The monoisotopic (exact) mass is 282 g/mol. The second kappa shape index (κ2) is 7.53. The molecule has 0 aliphatic heterocycles. The van der Waals surface area contributed by atoms with E-state index in [4.69, 9.17) is 5.21 Å². The van der Waals surface area contributed by atoms with Crippen molar-refractivity contribution in [3.8, 4) is 0 Å². The highest BCUT2D eigenvalue weighted by atomic mass is 32.2. The zero-order valence-corrected chi connectivity index (χ0v) is 12.5. The topological polar surface area (TPSA) is 61.4 Å². The highest BCUT2D eigenvalue weighted by molar-refractivity contribution is 8.00. The zero-order valence-electron chi connectivity index (χ0n) is 11.6. The van der Waals surface area contributed by atoms with Gasteiger partial charge in [-0.15, -0.1) is 11.8 Å². The molecular formula is C14H22N2O2S. The van der Waals surface area contributed by atoms with Crippen LogP contribution in [0.1, 0.15) is 31.6 Å². The maximum Gasteiger partial charge on any atom is 0.253 e. The van der Waals surface area contributed by atoms with Gasteiger partial charge in [0, 0.05) is 17.3 Å². The Morgan fingerprint density at radius 3 is 2.47 bits per heavy atom. The van der Waals surface area contributed by atoms with E-state index in [9.17, 15) is 4.79 Å². The van der Waals surface area contributed by atoms with Gasteiger partial charge in [0.2, 0.25) is 0 Å². The van der Waals surface area contributed by atoms with Crippen LogP contribution in [0.3, 0.4) is 0 Å². The van der Waals surface area contributed by atoms with Crippen molar-refractivity contribution < 1.29 is 10.0 Å². The Morgan fingerprint density at radius 1 is 1.32 bits per heavy atom. The number of hydrogen-bond donors (Lipinski definition) is 3. The summed E-state index contributed by atoms with van der Waals surface area (Å²) in [7, 11) is 0. The van der Waals surface area contributed by atoms with Crippen molar-refractivity contribution in [2.45, 2.75) is 31.6 Å². The molecule has 106 valence electrons. The van der Waals surface area contributed by atoms with Gasteiger partial charge in [0.15, 0.2) is 0 Å². The molecular weight excluding hydrogens is 260 g/mol. The van der Waals surface area contributed by atoms with E-state index in [2.05, 4.69) is 38.2 Å². The number of carbonyl (C=O) groups is 1. The Kier molecular flexibility index (Phi) is 6.34. The molecule has 1 rings (SSSR count). The van der Waals surface area contributed by atoms with Gasteiger partial charge in [-0.3, -0.25) is 10.0 Å². The molecule has 1 unspecified atom stereocenters. The van der Waals surface area contributed by atoms with E-state index in [0.29, 0.717) is 0 Å². The van der Waals surface area contributed by atoms with Crippen LogP contribution in [-0.2, 0) is 4.79 Å². The Balaban J connectivity index is 2.65. The average Bonchev–Trinajstić information content (AvgIpc) is 2.38. The number of carbonyl (C=O) groups excluding carboxylic acids is 1. The summed E-state index contributed by atoms with van der Waals surface area (Å²) >= 11 is 1.51. The molecule has 1 amide bonds. The number of amides is 1. The molecule has 3 N–H and O–H groups in total. The van der Waals surface area contributed by atoms with Crippen molar-refractivity contribution in [2.75, 3.05) is 12.3 Å². The van der Waals surface area contributed by atoms with Gasteiger partial charge in [0.25, 0.3) is 5.91 Å². The van der Waals surface area contributed by atoms with Crippen LogP contribution in [0.4, 0.5) is 0 Å². The molecule has 0 aliphatic rings. The second-order valence-electron chi connectivity index (χ2n) is 5.38. The van der Waals surface area contributed by atoms with Gasteiger partial charge in [-0.25, -0.2) is 5.48 Å². The van der Waals surface area contributed by atoms with Gasteiger partial charge in [0.1, 0.15) is 0 Å². The zero-order chi connectivity index (χ0) is 14.3. The number of nitrogens with one attached hydrogen (secondary N) is 2. The third kappa shape index (κ3) is 6.61. The Hall–Kier alpha value is -1.04. The third-order valence-corrected chi connectivity index (χ3v) is 3.80. The summed E-state index contributed by atoms with van der Waals surface area (Å²) in [6, 6.07) is 10.1. The highest BCUT2D eigenvalue weighted by Crippen LogP contribution is 2.28. The summed E-state index contributed by atoms with van der Waals surface area (Å²) in [5, 5.41) is 12.2. The van der Waals surface area contributed by atoms with Gasteiger partial charge < -0.3 is 5.32 Å². The maximum absolute atomic E-state index is 11.1. The van der Waals surface area contributed by atoms with E-state index in [0.717, 1.165) is 6.54 Å². The molecule has 0 saturated carbocycles. The lowest BCUT2D eigenvalue weighted by molar-refractivity contribution is -0.126. The molecule has 0 spiro atoms. The molecule has 1 aromatic rings. The Morgan fingerprint density at radius 2 is 1.95 bits per heavy atom. The van der Waals surface area contributed by atoms with Crippen molar-refractivity contribution >= 4 is 17.7 Å². The fourth-order valence-electron chi connectivity index (χ4n) is 1.55. The molecule has 0 bridgehead atoms. The fourth-order valence-corrected chi connectivity index (χ4v) is 2.52. The van der Waals surface area contributed by atoms with Crippen LogP contribution >= 0.6 is 11.8 Å². The van der Waals surface area contributed by atoms with Crippen molar-refractivity contribution in [3.05, 3.63) is 35.9 Å². The standard InChI is InChI=1S/C14H22N2O2S/c1-14(2,3)15-9-12(19-10-13(17)16-18)11-7-5-4-6-8-11/h4-8,12,15,18H,9-10H2,1-3H3,(H,16,17). The van der Waals surface area contributed by atoms with E-state index >= 15 is 0 Å². The van der Waals surface area contributed by atoms with Crippen LogP contribution in [0, 0.1) is 0 Å².